The van der Waals surface area contributed by atoms with Gasteiger partial charge in [0.05, 0.1) is 11.8 Å². The third-order valence-corrected chi connectivity index (χ3v) is 4.37. The summed E-state index contributed by atoms with van der Waals surface area (Å²) in [5, 5.41) is 1.51. The number of hydrogen-bond acceptors (Lipinski definition) is 3. The molecular weight excluding hydrogens is 300 g/mol. The van der Waals surface area contributed by atoms with Crippen molar-refractivity contribution >= 4 is 54.9 Å². The molecule has 0 fully saturated rings. The van der Waals surface area contributed by atoms with E-state index in [1.807, 2.05) is 6.07 Å². The predicted molar refractivity (Wildman–Crippen MR) is 65.9 cm³/mol. The van der Waals surface area contributed by atoms with Crippen molar-refractivity contribution in [2.24, 2.45) is 0 Å². The first-order valence-electron chi connectivity index (χ1n) is 4.09. The molecule has 15 heavy (non-hydrogen) atoms. The third kappa shape index (κ3) is 1.89. The average molecular weight is 306 g/mol. The first-order valence-corrected chi connectivity index (χ1v) is 6.08. The molecular formula is C10H6BrClO2S. The number of hydrogen-bond donors (Lipinski definition) is 0. The van der Waals surface area contributed by atoms with Crippen LogP contribution in [0.4, 0.5) is 0 Å². The van der Waals surface area contributed by atoms with E-state index in [0.29, 0.717) is 9.90 Å². The third-order valence-electron chi connectivity index (χ3n) is 1.97. The molecule has 0 aliphatic carbocycles. The number of carbonyl (C=O) groups excluding carboxylic acids is 1. The second-order valence-electron chi connectivity index (χ2n) is 2.87. The Morgan fingerprint density at radius 3 is 2.87 bits per heavy atom. The summed E-state index contributed by atoms with van der Waals surface area (Å²) in [6, 6.07) is 5.41. The van der Waals surface area contributed by atoms with E-state index in [0.717, 1.165) is 14.6 Å². The van der Waals surface area contributed by atoms with Crippen LogP contribution in [-0.2, 0) is 4.74 Å². The molecule has 0 atom stereocenters. The van der Waals surface area contributed by atoms with Crippen molar-refractivity contribution in [2.45, 2.75) is 0 Å². The molecule has 78 valence electrons. The molecule has 2 nitrogen and oxygen atoms in total. The quantitative estimate of drug-likeness (QED) is 0.741. The smallest absolute Gasteiger partial charge is 0.348 e. The lowest BCUT2D eigenvalue weighted by molar-refractivity contribution is 0.0606. The molecule has 0 spiro atoms. The van der Waals surface area contributed by atoms with E-state index in [4.69, 9.17) is 11.6 Å². The molecule has 5 heteroatoms. The monoisotopic (exact) mass is 304 g/mol. The van der Waals surface area contributed by atoms with Crippen LogP contribution in [-0.4, -0.2) is 13.1 Å². The number of methoxy groups -OCH3 is 1. The molecule has 2 aromatic rings. The lowest BCUT2D eigenvalue weighted by Gasteiger charge is -1.94. The first kappa shape index (κ1) is 10.9. The maximum Gasteiger partial charge on any atom is 0.348 e. The van der Waals surface area contributed by atoms with Crippen LogP contribution in [0.3, 0.4) is 0 Å². The Kier molecular flexibility index (Phi) is 3.00. The van der Waals surface area contributed by atoms with Crippen molar-refractivity contribution in [3.8, 4) is 0 Å². The van der Waals surface area contributed by atoms with Crippen molar-refractivity contribution in [3.63, 3.8) is 0 Å². The number of esters is 1. The Morgan fingerprint density at radius 2 is 2.27 bits per heavy atom. The summed E-state index contributed by atoms with van der Waals surface area (Å²) in [5.41, 5.74) is 0. The summed E-state index contributed by atoms with van der Waals surface area (Å²) in [6.45, 7) is 0. The van der Waals surface area contributed by atoms with Crippen molar-refractivity contribution in [2.75, 3.05) is 7.11 Å². The number of thiophene rings is 1. The molecule has 0 radical (unpaired) electrons. The fraction of sp³-hybridized carbons (Fsp3) is 0.100. The molecule has 0 bridgehead atoms. The Balaban J connectivity index is 2.70. The highest BCUT2D eigenvalue weighted by atomic mass is 79.9. The Bertz CT molecular complexity index is 496. The molecule has 0 saturated heterocycles. The summed E-state index contributed by atoms with van der Waals surface area (Å²) in [7, 11) is 1.36. The molecule has 0 unspecified atom stereocenters. The van der Waals surface area contributed by atoms with Crippen LogP contribution < -0.4 is 0 Å². The van der Waals surface area contributed by atoms with Gasteiger partial charge in [-0.05, 0) is 34.1 Å². The van der Waals surface area contributed by atoms with Crippen LogP contribution in [0, 0.1) is 0 Å². The molecule has 0 aliphatic heterocycles. The van der Waals surface area contributed by atoms with E-state index in [9.17, 15) is 4.79 Å². The van der Waals surface area contributed by atoms with Gasteiger partial charge in [0.2, 0.25) is 0 Å². The molecule has 2 rings (SSSR count). The van der Waals surface area contributed by atoms with Gasteiger partial charge in [-0.15, -0.1) is 11.3 Å². The fourth-order valence-corrected chi connectivity index (χ4v) is 3.12. The molecule has 1 aromatic heterocycles. The zero-order chi connectivity index (χ0) is 11.0. The van der Waals surface area contributed by atoms with Gasteiger partial charge < -0.3 is 4.74 Å². The molecule has 0 saturated carbocycles. The van der Waals surface area contributed by atoms with E-state index < -0.39 is 0 Å². The normalized spacial score (nSPS) is 10.6. The Labute approximate surface area is 104 Å². The standard InChI is InChI=1S/C10H6BrClO2S/c1-14-10(13)8-4-5-7(12)3-2-6(11)9(5)15-8/h2-4H,1H3. The van der Waals surface area contributed by atoms with Crippen molar-refractivity contribution in [3.05, 3.63) is 32.6 Å². The van der Waals surface area contributed by atoms with E-state index in [2.05, 4.69) is 20.7 Å². The van der Waals surface area contributed by atoms with E-state index in [1.54, 1.807) is 12.1 Å². The van der Waals surface area contributed by atoms with E-state index in [-0.39, 0.29) is 5.97 Å². The summed E-state index contributed by atoms with van der Waals surface area (Å²) in [6.07, 6.45) is 0. The molecule has 1 heterocycles. The van der Waals surface area contributed by atoms with Crippen molar-refractivity contribution in [1.29, 1.82) is 0 Å². The lowest BCUT2D eigenvalue weighted by atomic mass is 10.2. The predicted octanol–water partition coefficient (Wildman–Crippen LogP) is 4.10. The van der Waals surface area contributed by atoms with Crippen molar-refractivity contribution in [1.82, 2.24) is 0 Å². The highest BCUT2D eigenvalue weighted by Crippen LogP contribution is 2.36. The van der Waals surface area contributed by atoms with Gasteiger partial charge in [0.1, 0.15) is 4.88 Å². The first-order chi connectivity index (χ1) is 7.13. The van der Waals surface area contributed by atoms with Crippen LogP contribution in [0.2, 0.25) is 5.02 Å². The summed E-state index contributed by atoms with van der Waals surface area (Å²) < 4.78 is 6.55. The van der Waals surface area contributed by atoms with Crippen LogP contribution >= 0.6 is 38.9 Å². The minimum absolute atomic E-state index is 0.334. The zero-order valence-electron chi connectivity index (χ0n) is 7.71. The SMILES string of the molecule is COC(=O)c1cc2c(Cl)ccc(Br)c2s1. The van der Waals surface area contributed by atoms with Gasteiger partial charge in [0, 0.05) is 14.9 Å². The van der Waals surface area contributed by atoms with E-state index >= 15 is 0 Å². The maximum absolute atomic E-state index is 11.3. The minimum Gasteiger partial charge on any atom is -0.465 e. The van der Waals surface area contributed by atoms with Gasteiger partial charge >= 0.3 is 5.97 Å². The van der Waals surface area contributed by atoms with Crippen LogP contribution in [0.25, 0.3) is 10.1 Å². The van der Waals surface area contributed by atoms with Gasteiger partial charge in [-0.2, -0.15) is 0 Å². The molecule has 0 N–H and O–H groups in total. The van der Waals surface area contributed by atoms with Crippen LogP contribution in [0.5, 0.6) is 0 Å². The number of benzene rings is 1. The van der Waals surface area contributed by atoms with Gasteiger partial charge in [-0.3, -0.25) is 0 Å². The van der Waals surface area contributed by atoms with E-state index in [1.165, 1.54) is 18.4 Å². The number of ether oxygens (including phenoxy) is 1. The highest BCUT2D eigenvalue weighted by Gasteiger charge is 2.13. The Morgan fingerprint density at radius 1 is 1.53 bits per heavy atom. The van der Waals surface area contributed by atoms with Gasteiger partial charge in [0.25, 0.3) is 0 Å². The largest absolute Gasteiger partial charge is 0.465 e. The number of halogens is 2. The highest BCUT2D eigenvalue weighted by molar-refractivity contribution is 9.10. The topological polar surface area (TPSA) is 26.3 Å². The molecule has 0 amide bonds. The maximum atomic E-state index is 11.3. The van der Waals surface area contributed by atoms with Crippen LogP contribution in [0.15, 0.2) is 22.7 Å². The number of rotatable bonds is 1. The van der Waals surface area contributed by atoms with Gasteiger partial charge in [-0.1, -0.05) is 11.6 Å². The number of carbonyl (C=O) groups is 1. The van der Waals surface area contributed by atoms with Gasteiger partial charge in [-0.25, -0.2) is 4.79 Å². The van der Waals surface area contributed by atoms with Crippen molar-refractivity contribution < 1.29 is 9.53 Å². The Hall–Kier alpha value is -0.580. The average Bonchev–Trinajstić information content (AvgIpc) is 2.68. The lowest BCUT2D eigenvalue weighted by Crippen LogP contribution is -1.96. The summed E-state index contributed by atoms with van der Waals surface area (Å²) in [4.78, 5) is 11.9. The van der Waals surface area contributed by atoms with Crippen LogP contribution in [0.1, 0.15) is 9.67 Å². The second-order valence-corrected chi connectivity index (χ2v) is 5.19. The second kappa shape index (κ2) is 4.12. The number of fused-ring (bicyclic) bond motifs is 1. The molecule has 0 aliphatic rings. The summed E-state index contributed by atoms with van der Waals surface area (Å²) >= 11 is 10.8. The fourth-order valence-electron chi connectivity index (χ4n) is 1.26. The zero-order valence-corrected chi connectivity index (χ0v) is 10.9. The van der Waals surface area contributed by atoms with Gasteiger partial charge in [0.15, 0.2) is 0 Å². The summed E-state index contributed by atoms with van der Waals surface area (Å²) in [5.74, 6) is -0.334. The molecule has 1 aromatic carbocycles. The minimum atomic E-state index is -0.334.